The maximum atomic E-state index is 5.07. The van der Waals surface area contributed by atoms with Crippen LogP contribution in [-0.2, 0) is 0 Å². The highest BCUT2D eigenvalue weighted by Crippen LogP contribution is 2.35. The molecule has 3 nitrogen and oxygen atoms in total. The van der Waals surface area contributed by atoms with E-state index in [-0.39, 0.29) is 0 Å². The zero-order valence-electron chi connectivity index (χ0n) is 19.0. The van der Waals surface area contributed by atoms with Gasteiger partial charge in [0.15, 0.2) is 5.82 Å². The maximum Gasteiger partial charge on any atom is 0.160 e. The molecule has 164 valence electrons. The van der Waals surface area contributed by atoms with Gasteiger partial charge in [0.05, 0.1) is 22.2 Å². The summed E-state index contributed by atoms with van der Waals surface area (Å²) in [4.78, 5) is 10.0. The highest BCUT2D eigenvalue weighted by Gasteiger charge is 2.15. The van der Waals surface area contributed by atoms with Crippen molar-refractivity contribution in [2.75, 3.05) is 0 Å². The quantitative estimate of drug-likeness (QED) is 0.274. The van der Waals surface area contributed by atoms with E-state index < -0.39 is 0 Å². The van der Waals surface area contributed by atoms with Gasteiger partial charge in [-0.05, 0) is 30.3 Å². The molecule has 7 aromatic rings. The van der Waals surface area contributed by atoms with Gasteiger partial charge in [-0.1, -0.05) is 97.1 Å². The SMILES string of the molecule is c1ccc(-c2nc(-c3ccccc3)c3cc(-n4c5ccccc5c5ccccc54)ccc3n2)cc1. The first-order valence-corrected chi connectivity index (χ1v) is 11.8. The molecule has 0 unspecified atom stereocenters. The van der Waals surface area contributed by atoms with Crippen molar-refractivity contribution in [1.29, 1.82) is 0 Å². The van der Waals surface area contributed by atoms with E-state index in [0.29, 0.717) is 0 Å². The van der Waals surface area contributed by atoms with E-state index in [1.807, 2.05) is 24.3 Å². The highest BCUT2D eigenvalue weighted by atomic mass is 15.0. The van der Waals surface area contributed by atoms with Crippen LogP contribution in [0.2, 0.25) is 0 Å². The van der Waals surface area contributed by atoms with E-state index in [9.17, 15) is 0 Å². The second-order valence-electron chi connectivity index (χ2n) is 8.70. The molecule has 0 aliphatic rings. The summed E-state index contributed by atoms with van der Waals surface area (Å²) < 4.78 is 2.34. The summed E-state index contributed by atoms with van der Waals surface area (Å²) in [6, 6.07) is 44.2. The van der Waals surface area contributed by atoms with Gasteiger partial charge in [0.25, 0.3) is 0 Å². The zero-order chi connectivity index (χ0) is 23.2. The molecule has 0 N–H and O–H groups in total. The van der Waals surface area contributed by atoms with Crippen molar-refractivity contribution < 1.29 is 0 Å². The number of hydrogen-bond acceptors (Lipinski definition) is 2. The first-order valence-electron chi connectivity index (χ1n) is 11.8. The summed E-state index contributed by atoms with van der Waals surface area (Å²) in [6.45, 7) is 0. The lowest BCUT2D eigenvalue weighted by molar-refractivity contribution is 1.18. The average Bonchev–Trinajstić information content (AvgIpc) is 3.28. The number of nitrogens with zero attached hydrogens (tertiary/aromatic N) is 3. The van der Waals surface area contributed by atoms with Crippen molar-refractivity contribution in [3.05, 3.63) is 127 Å². The number of fused-ring (bicyclic) bond motifs is 4. The minimum Gasteiger partial charge on any atom is -0.309 e. The Bertz CT molecular complexity index is 1780. The predicted molar refractivity (Wildman–Crippen MR) is 145 cm³/mol. The summed E-state index contributed by atoms with van der Waals surface area (Å²) in [7, 11) is 0. The number of hydrogen-bond donors (Lipinski definition) is 0. The van der Waals surface area contributed by atoms with Gasteiger partial charge in [-0.15, -0.1) is 0 Å². The molecule has 35 heavy (non-hydrogen) atoms. The van der Waals surface area contributed by atoms with E-state index >= 15 is 0 Å². The molecule has 0 atom stereocenters. The third-order valence-corrected chi connectivity index (χ3v) is 6.60. The molecule has 0 bridgehead atoms. The van der Waals surface area contributed by atoms with Gasteiger partial charge < -0.3 is 4.57 Å². The van der Waals surface area contributed by atoms with Crippen molar-refractivity contribution in [3.8, 4) is 28.3 Å². The second-order valence-corrected chi connectivity index (χ2v) is 8.70. The Labute approximate surface area is 203 Å². The lowest BCUT2D eigenvalue weighted by Gasteiger charge is -2.13. The van der Waals surface area contributed by atoms with Crippen LogP contribution < -0.4 is 0 Å². The lowest BCUT2D eigenvalue weighted by Crippen LogP contribution is -1.98. The van der Waals surface area contributed by atoms with E-state index in [4.69, 9.17) is 9.97 Å². The number of benzene rings is 5. The molecule has 0 fully saturated rings. The van der Waals surface area contributed by atoms with Gasteiger partial charge in [-0.25, -0.2) is 9.97 Å². The van der Waals surface area contributed by atoms with Gasteiger partial charge in [-0.2, -0.15) is 0 Å². The molecule has 0 amide bonds. The van der Waals surface area contributed by atoms with Gasteiger partial charge in [-0.3, -0.25) is 0 Å². The van der Waals surface area contributed by atoms with E-state index in [1.54, 1.807) is 0 Å². The van der Waals surface area contributed by atoms with Gasteiger partial charge in [0.2, 0.25) is 0 Å². The Hall–Kier alpha value is -4.76. The Morgan fingerprint density at radius 2 is 1.03 bits per heavy atom. The van der Waals surface area contributed by atoms with Crippen LogP contribution in [0.1, 0.15) is 0 Å². The standard InChI is InChI=1S/C32H21N3/c1-3-11-22(12-4-1)31-27-21-24(19-20-28(27)33-32(34-31)23-13-5-2-6-14-23)35-29-17-9-7-15-25(29)26-16-8-10-18-30(26)35/h1-21H. The fraction of sp³-hybridized carbons (Fsp3) is 0. The van der Waals surface area contributed by atoms with Crippen molar-refractivity contribution in [1.82, 2.24) is 14.5 Å². The Morgan fingerprint density at radius 1 is 0.457 bits per heavy atom. The second kappa shape index (κ2) is 7.93. The minimum atomic E-state index is 0.738. The molecule has 0 spiro atoms. The predicted octanol–water partition coefficient (Wildman–Crippen LogP) is 8.06. The van der Waals surface area contributed by atoms with Crippen LogP contribution in [0.5, 0.6) is 0 Å². The fourth-order valence-electron chi connectivity index (χ4n) is 4.99. The third kappa shape index (κ3) is 3.21. The molecule has 0 saturated heterocycles. The molecule has 0 radical (unpaired) electrons. The first-order chi connectivity index (χ1) is 17.4. The van der Waals surface area contributed by atoms with Gasteiger partial charge in [0, 0.05) is 33.0 Å². The van der Waals surface area contributed by atoms with Crippen molar-refractivity contribution in [2.45, 2.75) is 0 Å². The summed E-state index contributed by atoms with van der Waals surface area (Å²) in [5.41, 5.74) is 7.45. The molecule has 5 aromatic carbocycles. The van der Waals surface area contributed by atoms with Crippen LogP contribution in [0.15, 0.2) is 127 Å². The topological polar surface area (TPSA) is 30.7 Å². The Kier molecular flexibility index (Phi) is 4.46. The highest BCUT2D eigenvalue weighted by molar-refractivity contribution is 6.09. The van der Waals surface area contributed by atoms with E-state index in [0.717, 1.165) is 39.2 Å². The summed E-state index contributed by atoms with van der Waals surface area (Å²) in [5.74, 6) is 0.738. The van der Waals surface area contributed by atoms with E-state index in [2.05, 4.69) is 108 Å². The average molecular weight is 448 g/mol. The molecule has 0 aliphatic heterocycles. The van der Waals surface area contributed by atoms with Crippen LogP contribution >= 0.6 is 0 Å². The molecular formula is C32H21N3. The monoisotopic (exact) mass is 447 g/mol. The molecule has 0 saturated carbocycles. The van der Waals surface area contributed by atoms with Crippen LogP contribution in [0.25, 0.3) is 61.0 Å². The van der Waals surface area contributed by atoms with Crippen molar-refractivity contribution in [2.24, 2.45) is 0 Å². The normalized spacial score (nSPS) is 11.4. The van der Waals surface area contributed by atoms with Crippen molar-refractivity contribution in [3.63, 3.8) is 0 Å². The Balaban J connectivity index is 1.54. The van der Waals surface area contributed by atoms with Gasteiger partial charge in [0.1, 0.15) is 0 Å². The maximum absolute atomic E-state index is 5.07. The molecular weight excluding hydrogens is 426 g/mol. The van der Waals surface area contributed by atoms with E-state index in [1.165, 1.54) is 21.8 Å². The largest absolute Gasteiger partial charge is 0.309 e. The fourth-order valence-corrected chi connectivity index (χ4v) is 4.99. The Morgan fingerprint density at radius 3 is 1.69 bits per heavy atom. The number of para-hydroxylation sites is 2. The molecule has 7 rings (SSSR count). The van der Waals surface area contributed by atoms with Crippen LogP contribution in [0.3, 0.4) is 0 Å². The third-order valence-electron chi connectivity index (χ3n) is 6.60. The zero-order valence-corrected chi connectivity index (χ0v) is 19.0. The number of rotatable bonds is 3. The first kappa shape index (κ1) is 19.7. The minimum absolute atomic E-state index is 0.738. The van der Waals surface area contributed by atoms with Crippen LogP contribution in [0, 0.1) is 0 Å². The lowest BCUT2D eigenvalue weighted by atomic mass is 10.0. The molecule has 0 aliphatic carbocycles. The smallest absolute Gasteiger partial charge is 0.160 e. The van der Waals surface area contributed by atoms with Gasteiger partial charge >= 0.3 is 0 Å². The molecule has 2 aromatic heterocycles. The molecule has 3 heteroatoms. The summed E-state index contributed by atoms with van der Waals surface area (Å²) in [5, 5.41) is 3.54. The molecule has 2 heterocycles. The summed E-state index contributed by atoms with van der Waals surface area (Å²) in [6.07, 6.45) is 0. The van der Waals surface area contributed by atoms with Crippen molar-refractivity contribution >= 4 is 32.7 Å². The summed E-state index contributed by atoms with van der Waals surface area (Å²) >= 11 is 0. The van der Waals surface area contributed by atoms with Crippen LogP contribution in [-0.4, -0.2) is 14.5 Å². The van der Waals surface area contributed by atoms with Crippen LogP contribution in [0.4, 0.5) is 0 Å². The number of aromatic nitrogens is 3.